The minimum atomic E-state index is -1.16. The van der Waals surface area contributed by atoms with Gasteiger partial charge in [-0.25, -0.2) is 9.48 Å². The van der Waals surface area contributed by atoms with Gasteiger partial charge < -0.3 is 9.47 Å². The second-order valence-corrected chi connectivity index (χ2v) is 14.2. The molecule has 2 heterocycles. The van der Waals surface area contributed by atoms with Crippen LogP contribution >= 0.6 is 0 Å². The first-order chi connectivity index (χ1) is 13.2. The number of ether oxygens (including phenoxy) is 2. The highest BCUT2D eigenvalue weighted by Gasteiger charge is 2.29. The molecule has 0 amide bonds. The van der Waals surface area contributed by atoms with Crippen molar-refractivity contribution < 1.29 is 14.3 Å². The Morgan fingerprint density at radius 1 is 1.29 bits per heavy atom. The van der Waals surface area contributed by atoms with Crippen molar-refractivity contribution in [2.45, 2.75) is 58.2 Å². The number of nitrogens with zero attached hydrogens (tertiary/aromatic N) is 3. The van der Waals surface area contributed by atoms with E-state index in [4.69, 9.17) is 9.47 Å². The maximum Gasteiger partial charge on any atom is 0.337 e. The van der Waals surface area contributed by atoms with Crippen LogP contribution in [-0.2, 0) is 16.2 Å². The van der Waals surface area contributed by atoms with Gasteiger partial charge in [0.2, 0.25) is 0 Å². The maximum atomic E-state index is 13.1. The number of rotatable bonds is 8. The number of carbonyl (C=O) groups is 1. The molecule has 1 saturated carbocycles. The van der Waals surface area contributed by atoms with E-state index in [2.05, 4.69) is 24.6 Å². The van der Waals surface area contributed by atoms with Crippen LogP contribution in [0, 0.1) is 6.92 Å². The Labute approximate surface area is 166 Å². The average molecular weight is 404 g/mol. The van der Waals surface area contributed by atoms with Crippen LogP contribution in [0.2, 0.25) is 25.7 Å². The van der Waals surface area contributed by atoms with Crippen molar-refractivity contribution in [1.29, 1.82) is 0 Å². The quantitative estimate of drug-likeness (QED) is 0.383. The molecule has 1 fully saturated rings. The SMILES string of the molecule is COC(=O)c1cc(C)nc(-c2cn(COCC[Si](C)(C)C)n(C3CC3)c2=O)c1. The van der Waals surface area contributed by atoms with Crippen LogP contribution < -0.4 is 5.56 Å². The normalized spacial score (nSPS) is 14.3. The van der Waals surface area contributed by atoms with Gasteiger partial charge in [-0.3, -0.25) is 14.5 Å². The molecule has 0 bridgehead atoms. The van der Waals surface area contributed by atoms with Gasteiger partial charge in [-0.2, -0.15) is 0 Å². The third-order valence-electron chi connectivity index (χ3n) is 4.76. The minimum absolute atomic E-state index is 0.0924. The molecule has 0 aliphatic heterocycles. The molecule has 1 aliphatic carbocycles. The lowest BCUT2D eigenvalue weighted by atomic mass is 10.1. The Kier molecular flexibility index (Phi) is 5.90. The highest BCUT2D eigenvalue weighted by Crippen LogP contribution is 2.34. The monoisotopic (exact) mass is 403 g/mol. The summed E-state index contributed by atoms with van der Waals surface area (Å²) in [5.74, 6) is -0.441. The Balaban J connectivity index is 1.90. The number of carbonyl (C=O) groups excluding carboxylic acids is 1. The number of hydrogen-bond acceptors (Lipinski definition) is 5. The maximum absolute atomic E-state index is 13.1. The van der Waals surface area contributed by atoms with Gasteiger partial charge in [-0.15, -0.1) is 0 Å². The molecule has 7 nitrogen and oxygen atoms in total. The largest absolute Gasteiger partial charge is 0.465 e. The van der Waals surface area contributed by atoms with E-state index in [1.54, 1.807) is 29.9 Å². The second kappa shape index (κ2) is 8.04. The minimum Gasteiger partial charge on any atom is -0.465 e. The molecule has 0 N–H and O–H groups in total. The molecule has 0 atom stereocenters. The van der Waals surface area contributed by atoms with E-state index < -0.39 is 14.0 Å². The topological polar surface area (TPSA) is 75.3 Å². The van der Waals surface area contributed by atoms with Gasteiger partial charge in [0.1, 0.15) is 6.73 Å². The summed E-state index contributed by atoms with van der Waals surface area (Å²) < 4.78 is 14.3. The molecule has 3 rings (SSSR count). The summed E-state index contributed by atoms with van der Waals surface area (Å²) in [5.41, 5.74) is 1.93. The molecule has 0 aromatic carbocycles. The molecule has 2 aromatic heterocycles. The van der Waals surface area contributed by atoms with Crippen LogP contribution in [0.25, 0.3) is 11.3 Å². The fourth-order valence-electron chi connectivity index (χ4n) is 3.06. The molecule has 2 aromatic rings. The molecule has 1 aliphatic rings. The van der Waals surface area contributed by atoms with Crippen molar-refractivity contribution in [2.75, 3.05) is 13.7 Å². The zero-order chi connectivity index (χ0) is 20.5. The van der Waals surface area contributed by atoms with Crippen molar-refractivity contribution in [2.24, 2.45) is 0 Å². The molecular weight excluding hydrogens is 374 g/mol. The van der Waals surface area contributed by atoms with E-state index in [0.29, 0.717) is 35.9 Å². The lowest BCUT2D eigenvalue weighted by molar-refractivity contribution is 0.0600. The summed E-state index contributed by atoms with van der Waals surface area (Å²) in [6, 6.07) is 4.57. The third kappa shape index (κ3) is 4.80. The fraction of sp³-hybridized carbons (Fsp3) is 0.550. The third-order valence-corrected chi connectivity index (χ3v) is 6.46. The van der Waals surface area contributed by atoms with Crippen LogP contribution in [-0.4, -0.2) is 42.1 Å². The predicted molar refractivity (Wildman–Crippen MR) is 110 cm³/mol. The molecule has 152 valence electrons. The van der Waals surface area contributed by atoms with Crippen molar-refractivity contribution in [1.82, 2.24) is 14.3 Å². The molecule has 0 unspecified atom stereocenters. The number of aryl methyl sites for hydroxylation is 1. The van der Waals surface area contributed by atoms with E-state index in [0.717, 1.165) is 18.9 Å². The highest BCUT2D eigenvalue weighted by atomic mass is 28.3. The molecule has 8 heteroatoms. The van der Waals surface area contributed by atoms with Crippen molar-refractivity contribution in [3.05, 3.63) is 39.9 Å². The standard InChI is InChI=1S/C20H29N3O4Si/c1-14-10-15(20(25)26-2)11-18(21-14)17-12-22(13-27-8-9-28(3,4)5)23(19(17)24)16-6-7-16/h10-12,16H,6-9,13H2,1-5H3. The molecule has 0 saturated heterocycles. The number of aromatic nitrogens is 3. The summed E-state index contributed by atoms with van der Waals surface area (Å²) in [5, 5.41) is 0. The van der Waals surface area contributed by atoms with Crippen LogP contribution in [0.15, 0.2) is 23.1 Å². The van der Waals surface area contributed by atoms with E-state index >= 15 is 0 Å². The van der Waals surface area contributed by atoms with Crippen molar-refractivity contribution >= 4 is 14.0 Å². The Morgan fingerprint density at radius 3 is 2.61 bits per heavy atom. The molecule has 28 heavy (non-hydrogen) atoms. The fourth-order valence-corrected chi connectivity index (χ4v) is 3.81. The Hall–Kier alpha value is -2.19. The smallest absolute Gasteiger partial charge is 0.337 e. The number of esters is 1. The van der Waals surface area contributed by atoms with Gasteiger partial charge in [0, 0.05) is 26.6 Å². The molecular formula is C20H29N3O4Si. The first-order valence-electron chi connectivity index (χ1n) is 9.66. The van der Waals surface area contributed by atoms with Crippen molar-refractivity contribution in [3.63, 3.8) is 0 Å². The van der Waals surface area contributed by atoms with Gasteiger partial charge in [0.15, 0.2) is 0 Å². The van der Waals surface area contributed by atoms with Gasteiger partial charge in [0.25, 0.3) is 5.56 Å². The summed E-state index contributed by atoms with van der Waals surface area (Å²) in [6.07, 6.45) is 3.78. The lowest BCUT2D eigenvalue weighted by Gasteiger charge is -2.16. The summed E-state index contributed by atoms with van der Waals surface area (Å²) in [4.78, 5) is 29.5. The van der Waals surface area contributed by atoms with E-state index in [1.807, 2.05) is 4.68 Å². The van der Waals surface area contributed by atoms with Crippen LogP contribution in [0.1, 0.15) is 34.9 Å². The van der Waals surface area contributed by atoms with Crippen LogP contribution in [0.4, 0.5) is 0 Å². The van der Waals surface area contributed by atoms with E-state index in [9.17, 15) is 9.59 Å². The van der Waals surface area contributed by atoms with E-state index in [1.165, 1.54) is 7.11 Å². The summed E-state index contributed by atoms with van der Waals surface area (Å²) >= 11 is 0. The predicted octanol–water partition coefficient (Wildman–Crippen LogP) is 3.45. The number of hydrogen-bond donors (Lipinski definition) is 0. The average Bonchev–Trinajstić information content (AvgIpc) is 3.40. The Morgan fingerprint density at radius 2 is 2.00 bits per heavy atom. The highest BCUT2D eigenvalue weighted by molar-refractivity contribution is 6.76. The van der Waals surface area contributed by atoms with Crippen LogP contribution in [0.3, 0.4) is 0 Å². The first-order valence-corrected chi connectivity index (χ1v) is 13.4. The van der Waals surface area contributed by atoms with Crippen molar-refractivity contribution in [3.8, 4) is 11.3 Å². The zero-order valence-corrected chi connectivity index (χ0v) is 18.3. The van der Waals surface area contributed by atoms with Crippen LogP contribution in [0.5, 0.6) is 0 Å². The molecule has 0 radical (unpaired) electrons. The Bertz CT molecular complexity index is 923. The number of pyridine rings is 1. The van der Waals surface area contributed by atoms with Gasteiger partial charge in [-0.05, 0) is 37.9 Å². The summed E-state index contributed by atoms with van der Waals surface area (Å²) in [7, 11) is 0.179. The van der Waals surface area contributed by atoms with E-state index in [-0.39, 0.29) is 11.6 Å². The zero-order valence-electron chi connectivity index (χ0n) is 17.3. The van der Waals surface area contributed by atoms with Gasteiger partial charge >= 0.3 is 5.97 Å². The lowest BCUT2D eigenvalue weighted by Crippen LogP contribution is -2.25. The van der Waals surface area contributed by atoms with Gasteiger partial charge in [-0.1, -0.05) is 19.6 Å². The first kappa shape index (κ1) is 20.5. The summed E-state index contributed by atoms with van der Waals surface area (Å²) in [6.45, 7) is 9.76. The molecule has 0 spiro atoms. The second-order valence-electron chi connectivity index (χ2n) is 8.59. The number of methoxy groups -OCH3 is 1. The van der Waals surface area contributed by atoms with Gasteiger partial charge in [0.05, 0.1) is 30.0 Å².